The predicted octanol–water partition coefficient (Wildman–Crippen LogP) is 5.22. The molecule has 3 atom stereocenters. The average Bonchev–Trinajstić information content (AvgIpc) is 2.90. The molecule has 1 aliphatic rings. The highest BCUT2D eigenvalue weighted by atomic mass is 35.5. The van der Waals surface area contributed by atoms with Gasteiger partial charge in [0.05, 0.1) is 22.4 Å². The Kier molecular flexibility index (Phi) is 4.36. The van der Waals surface area contributed by atoms with E-state index in [4.69, 9.17) is 11.6 Å². The Morgan fingerprint density at radius 3 is 2.86 bits per heavy atom. The van der Waals surface area contributed by atoms with E-state index in [9.17, 15) is 0 Å². The van der Waals surface area contributed by atoms with E-state index in [0.29, 0.717) is 17.9 Å². The number of anilines is 1. The minimum absolute atomic E-state index is 0.471. The van der Waals surface area contributed by atoms with Crippen molar-refractivity contribution in [1.29, 1.82) is 0 Å². The molecule has 1 aromatic heterocycles. The van der Waals surface area contributed by atoms with E-state index >= 15 is 0 Å². The summed E-state index contributed by atoms with van der Waals surface area (Å²) in [7, 11) is 0. The Morgan fingerprint density at radius 2 is 2.10 bits per heavy atom. The first-order valence-corrected chi connectivity index (χ1v) is 8.84. The first-order valence-electron chi connectivity index (χ1n) is 7.73. The van der Waals surface area contributed by atoms with Gasteiger partial charge in [0.1, 0.15) is 11.0 Å². The van der Waals surface area contributed by atoms with Crippen LogP contribution in [0.25, 0.3) is 11.0 Å². The molecule has 1 fully saturated rings. The van der Waals surface area contributed by atoms with Crippen LogP contribution in [0.3, 0.4) is 0 Å². The summed E-state index contributed by atoms with van der Waals surface area (Å²) in [6.45, 7) is 6.99. The highest BCUT2D eigenvalue weighted by molar-refractivity contribution is 7.00. The molecule has 1 heterocycles. The third-order valence-electron chi connectivity index (χ3n) is 4.73. The zero-order valence-electron chi connectivity index (χ0n) is 12.8. The van der Waals surface area contributed by atoms with Crippen molar-refractivity contribution >= 4 is 40.0 Å². The summed E-state index contributed by atoms with van der Waals surface area (Å²) in [5.74, 6) is 2.14. The summed E-state index contributed by atoms with van der Waals surface area (Å²) in [4.78, 5) is 0. The lowest BCUT2D eigenvalue weighted by molar-refractivity contribution is 0.212. The Labute approximate surface area is 135 Å². The molecule has 0 bridgehead atoms. The lowest BCUT2D eigenvalue weighted by Gasteiger charge is -2.38. The normalized spacial score (nSPS) is 26.4. The summed E-state index contributed by atoms with van der Waals surface area (Å²) < 4.78 is 8.73. The minimum atomic E-state index is 0.471. The summed E-state index contributed by atoms with van der Waals surface area (Å²) in [6.07, 6.45) is 3.82. The van der Waals surface area contributed by atoms with Crippen LogP contribution in [0.1, 0.15) is 40.0 Å². The quantitative estimate of drug-likeness (QED) is 0.841. The Balaban J connectivity index is 1.92. The second kappa shape index (κ2) is 6.09. The number of halogens is 1. The van der Waals surface area contributed by atoms with E-state index in [0.717, 1.165) is 27.7 Å². The second-order valence-electron chi connectivity index (χ2n) is 6.63. The van der Waals surface area contributed by atoms with Gasteiger partial charge in [0.15, 0.2) is 0 Å². The number of rotatable bonds is 3. The summed E-state index contributed by atoms with van der Waals surface area (Å²) >= 11 is 7.66. The van der Waals surface area contributed by atoms with Gasteiger partial charge in [-0.3, -0.25) is 0 Å². The van der Waals surface area contributed by atoms with Crippen LogP contribution in [0.15, 0.2) is 12.1 Å². The number of hydrogen-bond acceptors (Lipinski definition) is 4. The molecule has 0 saturated heterocycles. The molecule has 0 amide bonds. The van der Waals surface area contributed by atoms with E-state index in [2.05, 4.69) is 34.8 Å². The van der Waals surface area contributed by atoms with Crippen molar-refractivity contribution in [2.45, 2.75) is 46.1 Å². The molecule has 3 unspecified atom stereocenters. The Hall–Kier alpha value is -0.870. The van der Waals surface area contributed by atoms with Crippen LogP contribution in [-0.4, -0.2) is 14.8 Å². The standard InChI is InChI=1S/C16H22ClN3S/c1-9(2)11-5-4-10(3)8-14(11)18-15-12(17)6-7-13-16(15)20-21-19-13/h6-7,9-11,14,18H,4-5,8H2,1-3H3. The molecule has 1 aromatic carbocycles. The van der Waals surface area contributed by atoms with Crippen LogP contribution >= 0.6 is 23.3 Å². The van der Waals surface area contributed by atoms with Gasteiger partial charge in [-0.2, -0.15) is 8.75 Å². The van der Waals surface area contributed by atoms with E-state index in [-0.39, 0.29) is 0 Å². The van der Waals surface area contributed by atoms with Crippen molar-refractivity contribution in [3.8, 4) is 0 Å². The van der Waals surface area contributed by atoms with Gasteiger partial charge < -0.3 is 5.32 Å². The van der Waals surface area contributed by atoms with Gasteiger partial charge >= 0.3 is 0 Å². The molecule has 2 aromatic rings. The molecule has 1 N–H and O–H groups in total. The number of hydrogen-bond donors (Lipinski definition) is 1. The largest absolute Gasteiger partial charge is 0.379 e. The van der Waals surface area contributed by atoms with Crippen molar-refractivity contribution in [1.82, 2.24) is 8.75 Å². The fourth-order valence-electron chi connectivity index (χ4n) is 3.52. The van der Waals surface area contributed by atoms with Crippen molar-refractivity contribution < 1.29 is 0 Å². The lowest BCUT2D eigenvalue weighted by Crippen LogP contribution is -2.37. The molecule has 1 saturated carbocycles. The van der Waals surface area contributed by atoms with Gasteiger partial charge in [-0.05, 0) is 42.7 Å². The first-order chi connectivity index (χ1) is 10.1. The maximum atomic E-state index is 6.42. The number of nitrogens with one attached hydrogen (secondary N) is 1. The summed E-state index contributed by atoms with van der Waals surface area (Å²) in [5, 5.41) is 4.46. The highest BCUT2D eigenvalue weighted by Gasteiger charge is 2.31. The average molecular weight is 324 g/mol. The van der Waals surface area contributed by atoms with Crippen LogP contribution in [0.4, 0.5) is 5.69 Å². The van der Waals surface area contributed by atoms with Crippen LogP contribution in [0, 0.1) is 17.8 Å². The molecule has 0 spiro atoms. The molecule has 1 aliphatic carbocycles. The van der Waals surface area contributed by atoms with Crippen molar-refractivity contribution in [3.05, 3.63) is 17.2 Å². The van der Waals surface area contributed by atoms with E-state index in [1.165, 1.54) is 31.0 Å². The molecule has 0 aliphatic heterocycles. The fraction of sp³-hybridized carbons (Fsp3) is 0.625. The summed E-state index contributed by atoms with van der Waals surface area (Å²) in [6, 6.07) is 4.33. The van der Waals surface area contributed by atoms with Crippen LogP contribution < -0.4 is 5.32 Å². The number of fused-ring (bicyclic) bond motifs is 1. The SMILES string of the molecule is CC1CCC(C(C)C)C(Nc2c(Cl)ccc3nsnc23)C1. The van der Waals surface area contributed by atoms with Gasteiger partial charge in [-0.1, -0.05) is 38.8 Å². The van der Waals surface area contributed by atoms with Gasteiger partial charge in [0, 0.05) is 6.04 Å². The van der Waals surface area contributed by atoms with Crippen molar-refractivity contribution in [2.75, 3.05) is 5.32 Å². The van der Waals surface area contributed by atoms with E-state index in [1.807, 2.05) is 12.1 Å². The number of nitrogens with zero attached hydrogens (tertiary/aromatic N) is 2. The monoisotopic (exact) mass is 323 g/mol. The molecule has 5 heteroatoms. The predicted molar refractivity (Wildman–Crippen MR) is 91.2 cm³/mol. The topological polar surface area (TPSA) is 37.8 Å². The Morgan fingerprint density at radius 1 is 1.29 bits per heavy atom. The molecule has 114 valence electrons. The minimum Gasteiger partial charge on any atom is -0.379 e. The molecule has 3 rings (SSSR count). The number of aromatic nitrogens is 2. The Bertz CT molecular complexity index is 625. The number of benzene rings is 1. The van der Waals surface area contributed by atoms with Crippen molar-refractivity contribution in [2.24, 2.45) is 17.8 Å². The van der Waals surface area contributed by atoms with Gasteiger partial charge in [0.25, 0.3) is 0 Å². The summed E-state index contributed by atoms with van der Waals surface area (Å²) in [5.41, 5.74) is 2.80. The van der Waals surface area contributed by atoms with Gasteiger partial charge in [-0.25, -0.2) is 0 Å². The van der Waals surface area contributed by atoms with E-state index < -0.39 is 0 Å². The molecular weight excluding hydrogens is 302 g/mol. The van der Waals surface area contributed by atoms with Gasteiger partial charge in [-0.15, -0.1) is 0 Å². The zero-order valence-corrected chi connectivity index (χ0v) is 14.3. The zero-order chi connectivity index (χ0) is 15.0. The second-order valence-corrected chi connectivity index (χ2v) is 7.57. The maximum absolute atomic E-state index is 6.42. The smallest absolute Gasteiger partial charge is 0.129 e. The lowest BCUT2D eigenvalue weighted by atomic mass is 9.74. The third kappa shape index (κ3) is 3.02. The molecule has 3 nitrogen and oxygen atoms in total. The van der Waals surface area contributed by atoms with Crippen molar-refractivity contribution in [3.63, 3.8) is 0 Å². The first kappa shape index (κ1) is 15.0. The highest BCUT2D eigenvalue weighted by Crippen LogP contribution is 2.38. The molecular formula is C16H22ClN3S. The third-order valence-corrected chi connectivity index (χ3v) is 5.59. The van der Waals surface area contributed by atoms with Crippen LogP contribution in [-0.2, 0) is 0 Å². The van der Waals surface area contributed by atoms with Crippen LogP contribution in [0.5, 0.6) is 0 Å². The fourth-order valence-corrected chi connectivity index (χ4v) is 4.27. The molecule has 0 radical (unpaired) electrons. The van der Waals surface area contributed by atoms with Crippen LogP contribution in [0.2, 0.25) is 5.02 Å². The maximum Gasteiger partial charge on any atom is 0.129 e. The van der Waals surface area contributed by atoms with E-state index in [1.54, 1.807) is 0 Å². The van der Waals surface area contributed by atoms with Gasteiger partial charge in [0.2, 0.25) is 0 Å². The molecule has 21 heavy (non-hydrogen) atoms.